The van der Waals surface area contributed by atoms with Crippen molar-refractivity contribution >= 4 is 34.2 Å². The number of nitrogens with one attached hydrogen (secondary N) is 1. The van der Waals surface area contributed by atoms with Crippen LogP contribution < -0.4 is 10.7 Å². The largest absolute Gasteiger partial charge is 0.450 e. The molecular formula is C18H14ClNO3. The molecule has 0 atom stereocenters. The van der Waals surface area contributed by atoms with Gasteiger partial charge in [-0.25, -0.2) is 0 Å². The van der Waals surface area contributed by atoms with E-state index in [9.17, 15) is 9.59 Å². The van der Waals surface area contributed by atoms with Crippen LogP contribution in [0.3, 0.4) is 0 Å². The third kappa shape index (κ3) is 2.98. The van der Waals surface area contributed by atoms with Crippen LogP contribution in [0.4, 0.5) is 5.69 Å². The van der Waals surface area contributed by atoms with E-state index in [1.54, 1.807) is 30.3 Å². The molecule has 3 rings (SSSR count). The molecule has 2 aromatic carbocycles. The van der Waals surface area contributed by atoms with Gasteiger partial charge in [-0.1, -0.05) is 29.8 Å². The molecule has 1 heterocycles. The van der Waals surface area contributed by atoms with E-state index in [1.807, 2.05) is 19.9 Å². The maximum absolute atomic E-state index is 12.3. The van der Waals surface area contributed by atoms with E-state index in [0.29, 0.717) is 21.7 Å². The summed E-state index contributed by atoms with van der Waals surface area (Å²) in [7, 11) is 0. The van der Waals surface area contributed by atoms with Gasteiger partial charge in [0, 0.05) is 6.07 Å². The first kappa shape index (κ1) is 15.3. The third-order valence-electron chi connectivity index (χ3n) is 3.50. The third-order valence-corrected chi connectivity index (χ3v) is 3.83. The Hall–Kier alpha value is -2.59. The molecule has 0 unspecified atom stereocenters. The number of carbonyl (C=O) groups is 1. The topological polar surface area (TPSA) is 59.3 Å². The summed E-state index contributed by atoms with van der Waals surface area (Å²) in [6.45, 7) is 3.75. The second kappa shape index (κ2) is 5.89. The Labute approximate surface area is 137 Å². The second-order valence-electron chi connectivity index (χ2n) is 5.37. The highest BCUT2D eigenvalue weighted by atomic mass is 35.5. The average molecular weight is 328 g/mol. The van der Waals surface area contributed by atoms with E-state index >= 15 is 0 Å². The minimum atomic E-state index is -0.517. The van der Waals surface area contributed by atoms with Crippen molar-refractivity contribution in [2.45, 2.75) is 13.8 Å². The fraction of sp³-hybridized carbons (Fsp3) is 0.111. The number of hydrogen-bond acceptors (Lipinski definition) is 3. The lowest BCUT2D eigenvalue weighted by atomic mass is 10.1. The number of carbonyl (C=O) groups excluding carboxylic acids is 1. The molecule has 4 nitrogen and oxygen atoms in total. The second-order valence-corrected chi connectivity index (χ2v) is 5.77. The van der Waals surface area contributed by atoms with Gasteiger partial charge in [-0.05, 0) is 43.2 Å². The van der Waals surface area contributed by atoms with Gasteiger partial charge in [0.1, 0.15) is 5.58 Å². The van der Waals surface area contributed by atoms with E-state index in [0.717, 1.165) is 11.1 Å². The maximum Gasteiger partial charge on any atom is 0.291 e. The number of anilines is 1. The molecule has 1 amide bonds. The first-order valence-electron chi connectivity index (χ1n) is 7.06. The number of rotatable bonds is 2. The molecule has 3 aromatic rings. The van der Waals surface area contributed by atoms with Crippen LogP contribution in [0, 0.1) is 13.8 Å². The number of amides is 1. The molecule has 1 aromatic heterocycles. The Kier molecular flexibility index (Phi) is 3.92. The predicted molar refractivity (Wildman–Crippen MR) is 91.4 cm³/mol. The van der Waals surface area contributed by atoms with Crippen LogP contribution in [-0.2, 0) is 0 Å². The fourth-order valence-electron chi connectivity index (χ4n) is 2.47. The first-order chi connectivity index (χ1) is 11.0. The van der Waals surface area contributed by atoms with Crippen LogP contribution in [0.2, 0.25) is 5.02 Å². The lowest BCUT2D eigenvalue weighted by Crippen LogP contribution is -2.15. The maximum atomic E-state index is 12.3. The molecule has 0 saturated heterocycles. The molecule has 0 radical (unpaired) electrons. The molecule has 116 valence electrons. The summed E-state index contributed by atoms with van der Waals surface area (Å²) in [5.74, 6) is -0.563. The quantitative estimate of drug-likeness (QED) is 0.762. The number of para-hydroxylation sites is 1. The summed E-state index contributed by atoms with van der Waals surface area (Å²) >= 11 is 6.02. The molecule has 0 fully saturated rings. The normalized spacial score (nSPS) is 10.7. The van der Waals surface area contributed by atoms with Gasteiger partial charge in [0.15, 0.2) is 11.2 Å². The number of fused-ring (bicyclic) bond motifs is 1. The minimum Gasteiger partial charge on any atom is -0.450 e. The summed E-state index contributed by atoms with van der Waals surface area (Å²) in [6.07, 6.45) is 0. The highest BCUT2D eigenvalue weighted by molar-refractivity contribution is 6.33. The summed E-state index contributed by atoms with van der Waals surface area (Å²) in [6, 6.07) is 11.7. The van der Waals surface area contributed by atoms with Crippen molar-refractivity contribution in [2.24, 2.45) is 0 Å². The number of aryl methyl sites for hydroxylation is 2. The van der Waals surface area contributed by atoms with Crippen molar-refractivity contribution in [3.63, 3.8) is 0 Å². The van der Waals surface area contributed by atoms with E-state index < -0.39 is 5.91 Å². The van der Waals surface area contributed by atoms with Crippen molar-refractivity contribution in [3.05, 3.63) is 74.6 Å². The zero-order valence-electron chi connectivity index (χ0n) is 12.6. The number of hydrogen-bond donors (Lipinski definition) is 1. The van der Waals surface area contributed by atoms with Crippen molar-refractivity contribution in [1.82, 2.24) is 0 Å². The van der Waals surface area contributed by atoms with Gasteiger partial charge >= 0.3 is 0 Å². The molecule has 1 N–H and O–H groups in total. The Balaban J connectivity index is 2.05. The van der Waals surface area contributed by atoms with Gasteiger partial charge in [0.05, 0.1) is 16.1 Å². The van der Waals surface area contributed by atoms with Gasteiger partial charge in [-0.15, -0.1) is 0 Å². The Bertz CT molecular complexity index is 976. The fourth-order valence-corrected chi connectivity index (χ4v) is 2.65. The standard InChI is InChI=1S/C18H14ClNO3/c1-10-7-11(2)17-12(8-10)15(21)9-16(23-17)18(22)20-14-6-4-3-5-13(14)19/h3-9H,1-2H3,(H,20,22). The molecular weight excluding hydrogens is 314 g/mol. The molecule has 0 aliphatic carbocycles. The van der Waals surface area contributed by atoms with Gasteiger partial charge in [0.25, 0.3) is 5.91 Å². The van der Waals surface area contributed by atoms with E-state index in [2.05, 4.69) is 5.32 Å². The summed E-state index contributed by atoms with van der Waals surface area (Å²) in [5, 5.41) is 3.53. The number of benzene rings is 2. The monoisotopic (exact) mass is 327 g/mol. The minimum absolute atomic E-state index is 0.0469. The zero-order valence-corrected chi connectivity index (χ0v) is 13.4. The van der Waals surface area contributed by atoms with Crippen molar-refractivity contribution in [1.29, 1.82) is 0 Å². The van der Waals surface area contributed by atoms with Crippen LogP contribution in [0.25, 0.3) is 11.0 Å². The van der Waals surface area contributed by atoms with Gasteiger partial charge < -0.3 is 9.73 Å². The van der Waals surface area contributed by atoms with Gasteiger partial charge in [0.2, 0.25) is 0 Å². The molecule has 0 bridgehead atoms. The van der Waals surface area contributed by atoms with Gasteiger partial charge in [-0.2, -0.15) is 0 Å². The molecule has 0 aliphatic heterocycles. The van der Waals surface area contributed by atoms with E-state index in [4.69, 9.17) is 16.0 Å². The summed E-state index contributed by atoms with van der Waals surface area (Å²) in [4.78, 5) is 24.6. The first-order valence-corrected chi connectivity index (χ1v) is 7.44. The highest BCUT2D eigenvalue weighted by Crippen LogP contribution is 2.23. The lowest BCUT2D eigenvalue weighted by Gasteiger charge is -2.08. The summed E-state index contributed by atoms with van der Waals surface area (Å²) < 4.78 is 5.65. The SMILES string of the molecule is Cc1cc(C)c2oc(C(=O)Nc3ccccc3Cl)cc(=O)c2c1. The Morgan fingerprint density at radius 2 is 1.87 bits per heavy atom. The van der Waals surface area contributed by atoms with Crippen molar-refractivity contribution in [2.75, 3.05) is 5.32 Å². The van der Waals surface area contributed by atoms with Crippen LogP contribution >= 0.6 is 11.6 Å². The molecule has 0 aliphatic rings. The van der Waals surface area contributed by atoms with Crippen LogP contribution in [-0.4, -0.2) is 5.91 Å². The smallest absolute Gasteiger partial charge is 0.291 e. The highest BCUT2D eigenvalue weighted by Gasteiger charge is 2.15. The van der Waals surface area contributed by atoms with Crippen LogP contribution in [0.5, 0.6) is 0 Å². The van der Waals surface area contributed by atoms with Crippen LogP contribution in [0.15, 0.2) is 51.7 Å². The number of halogens is 1. The molecule has 5 heteroatoms. The lowest BCUT2D eigenvalue weighted by molar-refractivity contribution is 0.0997. The molecule has 0 saturated carbocycles. The average Bonchev–Trinajstić information content (AvgIpc) is 2.50. The molecule has 23 heavy (non-hydrogen) atoms. The Morgan fingerprint density at radius 1 is 1.13 bits per heavy atom. The van der Waals surface area contributed by atoms with Crippen LogP contribution in [0.1, 0.15) is 21.7 Å². The van der Waals surface area contributed by atoms with E-state index in [-0.39, 0.29) is 11.2 Å². The van der Waals surface area contributed by atoms with Gasteiger partial charge in [-0.3, -0.25) is 9.59 Å². The van der Waals surface area contributed by atoms with Crippen molar-refractivity contribution < 1.29 is 9.21 Å². The molecule has 0 spiro atoms. The van der Waals surface area contributed by atoms with Crippen molar-refractivity contribution in [3.8, 4) is 0 Å². The van der Waals surface area contributed by atoms with E-state index in [1.165, 1.54) is 6.07 Å². The summed E-state index contributed by atoms with van der Waals surface area (Å²) in [5.41, 5.74) is 2.41. The predicted octanol–water partition coefficient (Wildman–Crippen LogP) is 4.32. The Morgan fingerprint density at radius 3 is 2.61 bits per heavy atom. The zero-order chi connectivity index (χ0) is 16.6.